The number of nitrogens with zero attached hydrogens (tertiary/aromatic N) is 2. The summed E-state index contributed by atoms with van der Waals surface area (Å²) >= 11 is 0. The molecule has 0 spiro atoms. The SMILES string of the molecule is Cc1cccc(C)c1CC(N)c1ccnn1C. The van der Waals surface area contributed by atoms with Gasteiger partial charge < -0.3 is 5.73 Å². The molecule has 2 rings (SSSR count). The molecule has 0 aliphatic heterocycles. The Labute approximate surface area is 102 Å². The van der Waals surface area contributed by atoms with Crippen LogP contribution < -0.4 is 5.73 Å². The van der Waals surface area contributed by atoms with Crippen LogP contribution in [0.4, 0.5) is 0 Å². The maximum Gasteiger partial charge on any atom is 0.0551 e. The van der Waals surface area contributed by atoms with Crippen molar-refractivity contribution in [2.24, 2.45) is 12.8 Å². The first-order chi connectivity index (χ1) is 8.09. The summed E-state index contributed by atoms with van der Waals surface area (Å²) in [5.74, 6) is 0. The van der Waals surface area contributed by atoms with E-state index in [2.05, 4.69) is 37.1 Å². The lowest BCUT2D eigenvalue weighted by molar-refractivity contribution is 0.614. The van der Waals surface area contributed by atoms with Crippen LogP contribution in [0.25, 0.3) is 0 Å². The van der Waals surface area contributed by atoms with Gasteiger partial charge in [-0.15, -0.1) is 0 Å². The maximum absolute atomic E-state index is 6.25. The summed E-state index contributed by atoms with van der Waals surface area (Å²) < 4.78 is 1.85. The molecule has 1 aromatic heterocycles. The van der Waals surface area contributed by atoms with Crippen molar-refractivity contribution in [1.29, 1.82) is 0 Å². The zero-order valence-electron chi connectivity index (χ0n) is 10.6. The van der Waals surface area contributed by atoms with Crippen LogP contribution in [-0.4, -0.2) is 9.78 Å². The quantitative estimate of drug-likeness (QED) is 0.877. The Kier molecular flexibility index (Phi) is 3.29. The Morgan fingerprint density at radius 2 is 1.88 bits per heavy atom. The monoisotopic (exact) mass is 229 g/mol. The molecule has 0 saturated heterocycles. The third-order valence-electron chi connectivity index (χ3n) is 3.31. The molecule has 90 valence electrons. The van der Waals surface area contributed by atoms with Gasteiger partial charge in [-0.3, -0.25) is 4.68 Å². The molecule has 1 aromatic carbocycles. The second-order valence-corrected chi connectivity index (χ2v) is 4.56. The molecule has 2 N–H and O–H groups in total. The number of aromatic nitrogens is 2. The van der Waals surface area contributed by atoms with Gasteiger partial charge in [0.15, 0.2) is 0 Å². The number of aryl methyl sites for hydroxylation is 3. The molecule has 0 fully saturated rings. The van der Waals surface area contributed by atoms with Gasteiger partial charge in [0.05, 0.1) is 11.7 Å². The van der Waals surface area contributed by atoms with E-state index in [0.29, 0.717) is 0 Å². The summed E-state index contributed by atoms with van der Waals surface area (Å²) in [6.07, 6.45) is 2.65. The molecule has 0 saturated carbocycles. The first-order valence-electron chi connectivity index (χ1n) is 5.88. The van der Waals surface area contributed by atoms with Crippen molar-refractivity contribution in [2.45, 2.75) is 26.3 Å². The predicted molar refractivity (Wildman–Crippen MR) is 69.8 cm³/mol. The van der Waals surface area contributed by atoms with E-state index >= 15 is 0 Å². The molecule has 17 heavy (non-hydrogen) atoms. The highest BCUT2D eigenvalue weighted by atomic mass is 15.3. The van der Waals surface area contributed by atoms with Gasteiger partial charge in [0.25, 0.3) is 0 Å². The summed E-state index contributed by atoms with van der Waals surface area (Å²) in [4.78, 5) is 0. The van der Waals surface area contributed by atoms with Crippen LogP contribution in [0.15, 0.2) is 30.5 Å². The van der Waals surface area contributed by atoms with Crippen LogP contribution in [0.3, 0.4) is 0 Å². The van der Waals surface area contributed by atoms with Crippen LogP contribution in [0.5, 0.6) is 0 Å². The maximum atomic E-state index is 6.25. The summed E-state index contributed by atoms with van der Waals surface area (Å²) in [5.41, 5.74) is 11.3. The summed E-state index contributed by atoms with van der Waals surface area (Å²) in [6.45, 7) is 4.27. The fraction of sp³-hybridized carbons (Fsp3) is 0.357. The lowest BCUT2D eigenvalue weighted by Gasteiger charge is -2.15. The molecule has 0 bridgehead atoms. The lowest BCUT2D eigenvalue weighted by Crippen LogP contribution is -2.18. The normalized spacial score (nSPS) is 12.7. The fourth-order valence-electron chi connectivity index (χ4n) is 2.24. The van der Waals surface area contributed by atoms with Crippen molar-refractivity contribution in [1.82, 2.24) is 9.78 Å². The van der Waals surface area contributed by atoms with Gasteiger partial charge in [0.1, 0.15) is 0 Å². The Balaban J connectivity index is 2.25. The first-order valence-corrected chi connectivity index (χ1v) is 5.88. The minimum absolute atomic E-state index is 0.00213. The van der Waals surface area contributed by atoms with Crippen molar-refractivity contribution < 1.29 is 0 Å². The van der Waals surface area contributed by atoms with Crippen molar-refractivity contribution in [3.63, 3.8) is 0 Å². The molecular weight excluding hydrogens is 210 g/mol. The molecule has 0 aliphatic carbocycles. The molecule has 1 heterocycles. The molecule has 3 nitrogen and oxygen atoms in total. The fourth-order valence-corrected chi connectivity index (χ4v) is 2.24. The smallest absolute Gasteiger partial charge is 0.0551 e. The van der Waals surface area contributed by atoms with E-state index in [1.54, 1.807) is 6.20 Å². The zero-order chi connectivity index (χ0) is 12.4. The van der Waals surface area contributed by atoms with Gasteiger partial charge in [-0.2, -0.15) is 5.10 Å². The number of hydrogen-bond acceptors (Lipinski definition) is 2. The van der Waals surface area contributed by atoms with Gasteiger partial charge in [0, 0.05) is 13.2 Å². The standard InChI is InChI=1S/C14H19N3/c1-10-5-4-6-11(2)12(10)9-13(15)14-7-8-16-17(14)3/h4-8,13H,9,15H2,1-3H3. The van der Waals surface area contributed by atoms with Crippen molar-refractivity contribution in [2.75, 3.05) is 0 Å². The van der Waals surface area contributed by atoms with E-state index in [0.717, 1.165) is 12.1 Å². The summed E-state index contributed by atoms with van der Waals surface area (Å²) in [6, 6.07) is 8.35. The lowest BCUT2D eigenvalue weighted by atomic mass is 9.95. The molecule has 0 aliphatic rings. The molecule has 1 unspecified atom stereocenters. The van der Waals surface area contributed by atoms with Gasteiger partial charge in [0.2, 0.25) is 0 Å². The van der Waals surface area contributed by atoms with Crippen molar-refractivity contribution in [3.8, 4) is 0 Å². The highest BCUT2D eigenvalue weighted by Crippen LogP contribution is 2.20. The van der Waals surface area contributed by atoms with E-state index in [-0.39, 0.29) is 6.04 Å². The number of benzene rings is 1. The van der Waals surface area contributed by atoms with E-state index in [9.17, 15) is 0 Å². The Morgan fingerprint density at radius 3 is 2.41 bits per heavy atom. The Morgan fingerprint density at radius 1 is 1.24 bits per heavy atom. The van der Waals surface area contributed by atoms with Gasteiger partial charge in [-0.25, -0.2) is 0 Å². The molecule has 0 amide bonds. The number of nitrogens with two attached hydrogens (primary N) is 1. The number of hydrogen-bond donors (Lipinski definition) is 1. The molecular formula is C14H19N3. The average molecular weight is 229 g/mol. The largest absolute Gasteiger partial charge is 0.322 e. The molecule has 1 atom stereocenters. The van der Waals surface area contributed by atoms with E-state index in [1.165, 1.54) is 16.7 Å². The second kappa shape index (κ2) is 4.72. The third-order valence-corrected chi connectivity index (χ3v) is 3.31. The molecule has 0 radical (unpaired) electrons. The van der Waals surface area contributed by atoms with E-state index in [4.69, 9.17) is 5.73 Å². The van der Waals surface area contributed by atoms with Crippen LogP contribution in [-0.2, 0) is 13.5 Å². The van der Waals surface area contributed by atoms with E-state index < -0.39 is 0 Å². The average Bonchev–Trinajstić information content (AvgIpc) is 2.70. The highest BCUT2D eigenvalue weighted by molar-refractivity contribution is 5.34. The summed E-state index contributed by atoms with van der Waals surface area (Å²) in [5, 5.41) is 4.16. The van der Waals surface area contributed by atoms with Crippen molar-refractivity contribution in [3.05, 3.63) is 52.8 Å². The highest BCUT2D eigenvalue weighted by Gasteiger charge is 2.13. The van der Waals surface area contributed by atoms with Crippen LogP contribution in [0.1, 0.15) is 28.4 Å². The second-order valence-electron chi connectivity index (χ2n) is 4.56. The van der Waals surface area contributed by atoms with Gasteiger partial charge >= 0.3 is 0 Å². The van der Waals surface area contributed by atoms with Crippen molar-refractivity contribution >= 4 is 0 Å². The molecule has 2 aromatic rings. The zero-order valence-corrected chi connectivity index (χ0v) is 10.6. The van der Waals surface area contributed by atoms with Gasteiger partial charge in [-0.1, -0.05) is 18.2 Å². The first kappa shape index (κ1) is 11.9. The van der Waals surface area contributed by atoms with Crippen LogP contribution >= 0.6 is 0 Å². The summed E-state index contributed by atoms with van der Waals surface area (Å²) in [7, 11) is 1.93. The molecule has 3 heteroatoms. The minimum atomic E-state index is 0.00213. The van der Waals surface area contributed by atoms with Crippen LogP contribution in [0, 0.1) is 13.8 Å². The minimum Gasteiger partial charge on any atom is -0.322 e. The third kappa shape index (κ3) is 2.39. The number of rotatable bonds is 3. The Bertz CT molecular complexity index is 494. The van der Waals surface area contributed by atoms with E-state index in [1.807, 2.05) is 17.8 Å². The Hall–Kier alpha value is -1.61. The van der Waals surface area contributed by atoms with Gasteiger partial charge in [-0.05, 0) is 43.0 Å². The van der Waals surface area contributed by atoms with Crippen LogP contribution in [0.2, 0.25) is 0 Å². The predicted octanol–water partition coefficient (Wildman–Crippen LogP) is 2.28. The topological polar surface area (TPSA) is 43.8 Å².